The predicted octanol–water partition coefficient (Wildman–Crippen LogP) is 3.17. The van der Waals surface area contributed by atoms with E-state index in [2.05, 4.69) is 26.2 Å². The summed E-state index contributed by atoms with van der Waals surface area (Å²) in [4.78, 5) is 16.0. The van der Waals surface area contributed by atoms with Crippen LogP contribution in [0.25, 0.3) is 0 Å². The quantitative estimate of drug-likeness (QED) is 0.947. The number of carbonyl (C=O) groups excluding carboxylic acids is 1. The maximum Gasteiger partial charge on any atom is 0.261 e. The average molecular weight is 313 g/mol. The van der Waals surface area contributed by atoms with Crippen LogP contribution in [0.1, 0.15) is 10.4 Å². The largest absolute Gasteiger partial charge is 0.496 e. The number of hydrogen-bond donors (Lipinski definition) is 1. The number of hydrogen-bond acceptors (Lipinski definition) is 4. The summed E-state index contributed by atoms with van der Waals surface area (Å²) in [6.45, 7) is 0. The maximum absolute atomic E-state index is 12.0. The Bertz CT molecular complexity index is 528. The third-order valence-corrected chi connectivity index (χ3v) is 3.24. The van der Waals surface area contributed by atoms with E-state index >= 15 is 0 Å². The number of anilines is 1. The number of thiazole rings is 1. The SMILES string of the molecule is COc1ccc(Br)cc1C(=O)Nc1nccs1. The lowest BCUT2D eigenvalue weighted by Crippen LogP contribution is -2.13. The molecule has 0 saturated carbocycles. The first kappa shape index (κ1) is 12.1. The lowest BCUT2D eigenvalue weighted by atomic mass is 10.2. The van der Waals surface area contributed by atoms with E-state index in [0.717, 1.165) is 4.47 Å². The van der Waals surface area contributed by atoms with E-state index in [0.29, 0.717) is 16.4 Å². The van der Waals surface area contributed by atoms with Crippen LogP contribution in [-0.4, -0.2) is 18.0 Å². The van der Waals surface area contributed by atoms with Crippen molar-refractivity contribution in [2.45, 2.75) is 0 Å². The molecule has 1 aromatic heterocycles. The van der Waals surface area contributed by atoms with Crippen molar-refractivity contribution in [2.24, 2.45) is 0 Å². The van der Waals surface area contributed by atoms with E-state index in [-0.39, 0.29) is 5.91 Å². The second-order valence-corrected chi connectivity index (χ2v) is 4.95. The minimum Gasteiger partial charge on any atom is -0.496 e. The van der Waals surface area contributed by atoms with Crippen molar-refractivity contribution in [2.75, 3.05) is 12.4 Å². The van der Waals surface area contributed by atoms with Gasteiger partial charge in [-0.3, -0.25) is 10.1 Å². The second kappa shape index (κ2) is 5.29. The van der Waals surface area contributed by atoms with Crippen LogP contribution >= 0.6 is 27.3 Å². The molecule has 6 heteroatoms. The molecule has 1 aromatic carbocycles. The Hall–Kier alpha value is -1.40. The smallest absolute Gasteiger partial charge is 0.261 e. The van der Waals surface area contributed by atoms with Gasteiger partial charge in [-0.05, 0) is 18.2 Å². The number of ether oxygens (including phenoxy) is 1. The predicted molar refractivity (Wildman–Crippen MR) is 70.8 cm³/mol. The van der Waals surface area contributed by atoms with Gasteiger partial charge in [-0.1, -0.05) is 15.9 Å². The van der Waals surface area contributed by atoms with Crippen LogP contribution in [0.5, 0.6) is 5.75 Å². The van der Waals surface area contributed by atoms with Crippen LogP contribution < -0.4 is 10.1 Å². The van der Waals surface area contributed by atoms with Crippen molar-refractivity contribution in [1.82, 2.24) is 4.98 Å². The van der Waals surface area contributed by atoms with Gasteiger partial charge in [0, 0.05) is 16.0 Å². The molecule has 0 atom stereocenters. The van der Waals surface area contributed by atoms with E-state index < -0.39 is 0 Å². The van der Waals surface area contributed by atoms with Crippen molar-refractivity contribution in [1.29, 1.82) is 0 Å². The van der Waals surface area contributed by atoms with E-state index in [9.17, 15) is 4.79 Å². The molecule has 0 unspecified atom stereocenters. The lowest BCUT2D eigenvalue weighted by molar-refractivity contribution is 0.102. The number of halogens is 1. The Morgan fingerprint density at radius 2 is 2.35 bits per heavy atom. The fourth-order valence-electron chi connectivity index (χ4n) is 1.31. The first-order chi connectivity index (χ1) is 8.20. The van der Waals surface area contributed by atoms with E-state index in [1.165, 1.54) is 18.4 Å². The molecule has 1 amide bonds. The highest BCUT2D eigenvalue weighted by Crippen LogP contribution is 2.24. The highest BCUT2D eigenvalue weighted by molar-refractivity contribution is 9.10. The number of rotatable bonds is 3. The van der Waals surface area contributed by atoms with Crippen LogP contribution in [0.3, 0.4) is 0 Å². The summed E-state index contributed by atoms with van der Waals surface area (Å²) < 4.78 is 5.96. The molecular formula is C11H9BrN2O2S. The third-order valence-electron chi connectivity index (χ3n) is 2.06. The first-order valence-electron chi connectivity index (χ1n) is 4.75. The zero-order valence-electron chi connectivity index (χ0n) is 8.94. The van der Waals surface area contributed by atoms with Gasteiger partial charge in [-0.25, -0.2) is 4.98 Å². The average Bonchev–Trinajstić information content (AvgIpc) is 2.81. The molecule has 0 aliphatic heterocycles. The zero-order chi connectivity index (χ0) is 12.3. The Morgan fingerprint density at radius 1 is 1.53 bits per heavy atom. The molecule has 1 N–H and O–H groups in total. The van der Waals surface area contributed by atoms with Crippen LogP contribution in [0, 0.1) is 0 Å². The van der Waals surface area contributed by atoms with Crippen molar-refractivity contribution in [3.05, 3.63) is 39.8 Å². The van der Waals surface area contributed by atoms with Gasteiger partial charge in [0.25, 0.3) is 5.91 Å². The summed E-state index contributed by atoms with van der Waals surface area (Å²) in [5.41, 5.74) is 0.470. The highest BCUT2D eigenvalue weighted by atomic mass is 79.9. The van der Waals surface area contributed by atoms with E-state index in [1.807, 2.05) is 6.07 Å². The Kier molecular flexibility index (Phi) is 3.75. The topological polar surface area (TPSA) is 51.2 Å². The molecule has 0 spiro atoms. The summed E-state index contributed by atoms with van der Waals surface area (Å²) >= 11 is 4.69. The molecule has 4 nitrogen and oxygen atoms in total. The number of benzene rings is 1. The van der Waals surface area contributed by atoms with Crippen molar-refractivity contribution < 1.29 is 9.53 Å². The Labute approximate surface area is 111 Å². The minimum atomic E-state index is -0.238. The van der Waals surface area contributed by atoms with Gasteiger partial charge < -0.3 is 4.74 Å². The van der Waals surface area contributed by atoms with Gasteiger partial charge in [0.05, 0.1) is 12.7 Å². The lowest BCUT2D eigenvalue weighted by Gasteiger charge is -2.08. The molecule has 0 aliphatic carbocycles. The summed E-state index contributed by atoms with van der Waals surface area (Å²) in [6, 6.07) is 5.27. The standard InChI is InChI=1S/C11H9BrN2O2S/c1-16-9-3-2-7(12)6-8(9)10(15)14-11-13-4-5-17-11/h2-6H,1H3,(H,13,14,15). The summed E-state index contributed by atoms with van der Waals surface area (Å²) in [7, 11) is 1.53. The zero-order valence-corrected chi connectivity index (χ0v) is 11.3. The molecule has 17 heavy (non-hydrogen) atoms. The molecule has 0 aliphatic rings. The van der Waals surface area contributed by atoms with Gasteiger partial charge in [0.1, 0.15) is 5.75 Å². The number of nitrogens with zero attached hydrogens (tertiary/aromatic N) is 1. The number of aromatic nitrogens is 1. The molecule has 2 rings (SSSR count). The molecular weight excluding hydrogens is 304 g/mol. The minimum absolute atomic E-state index is 0.238. The van der Waals surface area contributed by atoms with Gasteiger partial charge >= 0.3 is 0 Å². The fraction of sp³-hybridized carbons (Fsp3) is 0.0909. The molecule has 0 bridgehead atoms. The summed E-state index contributed by atoms with van der Waals surface area (Å²) in [5, 5.41) is 5.07. The summed E-state index contributed by atoms with van der Waals surface area (Å²) in [6.07, 6.45) is 1.64. The number of carbonyl (C=O) groups is 1. The molecule has 1 heterocycles. The summed E-state index contributed by atoms with van der Waals surface area (Å²) in [5.74, 6) is 0.292. The van der Waals surface area contributed by atoms with Crippen LogP contribution in [0.2, 0.25) is 0 Å². The van der Waals surface area contributed by atoms with Gasteiger partial charge in [-0.2, -0.15) is 0 Å². The van der Waals surface area contributed by atoms with Crippen molar-refractivity contribution >= 4 is 38.3 Å². The van der Waals surface area contributed by atoms with Gasteiger partial charge in [0.2, 0.25) is 0 Å². The molecule has 0 radical (unpaired) electrons. The number of nitrogens with one attached hydrogen (secondary N) is 1. The second-order valence-electron chi connectivity index (χ2n) is 3.14. The monoisotopic (exact) mass is 312 g/mol. The van der Waals surface area contributed by atoms with Gasteiger partial charge in [-0.15, -0.1) is 11.3 Å². The van der Waals surface area contributed by atoms with Crippen molar-refractivity contribution in [3.8, 4) is 5.75 Å². The third kappa shape index (κ3) is 2.83. The normalized spacial score (nSPS) is 10.0. The molecule has 88 valence electrons. The Balaban J connectivity index is 2.26. The molecule has 0 fully saturated rings. The molecule has 0 saturated heterocycles. The maximum atomic E-state index is 12.0. The highest BCUT2D eigenvalue weighted by Gasteiger charge is 2.13. The molecule has 2 aromatic rings. The van der Waals surface area contributed by atoms with Crippen molar-refractivity contribution in [3.63, 3.8) is 0 Å². The fourth-order valence-corrected chi connectivity index (χ4v) is 2.19. The van der Waals surface area contributed by atoms with E-state index in [1.54, 1.807) is 23.7 Å². The van der Waals surface area contributed by atoms with Gasteiger partial charge in [0.15, 0.2) is 5.13 Å². The number of methoxy groups -OCH3 is 1. The van der Waals surface area contributed by atoms with Crippen LogP contribution in [0.15, 0.2) is 34.2 Å². The van der Waals surface area contributed by atoms with E-state index in [4.69, 9.17) is 4.74 Å². The number of amides is 1. The first-order valence-corrected chi connectivity index (χ1v) is 6.42. The van der Waals surface area contributed by atoms with Crippen LogP contribution in [-0.2, 0) is 0 Å². The van der Waals surface area contributed by atoms with Crippen LogP contribution in [0.4, 0.5) is 5.13 Å². The Morgan fingerprint density at radius 3 is 3.00 bits per heavy atom.